The van der Waals surface area contributed by atoms with Gasteiger partial charge >= 0.3 is 0 Å². The topological polar surface area (TPSA) is 76.4 Å². The van der Waals surface area contributed by atoms with Gasteiger partial charge in [0.1, 0.15) is 0 Å². The van der Waals surface area contributed by atoms with E-state index in [-0.39, 0.29) is 11.9 Å². The number of nitrogens with one attached hydrogen (secondary N) is 2. The van der Waals surface area contributed by atoms with Crippen LogP contribution in [0, 0.1) is 0 Å². The van der Waals surface area contributed by atoms with Gasteiger partial charge in [0.2, 0.25) is 0 Å². The van der Waals surface area contributed by atoms with Gasteiger partial charge in [-0.3, -0.25) is 4.79 Å². The van der Waals surface area contributed by atoms with Crippen LogP contribution in [0.3, 0.4) is 0 Å². The second-order valence-corrected chi connectivity index (χ2v) is 4.72. The SMILES string of the molecule is CCNC(=O)c1ccc(N)cc1NC1CCCOC1. The molecule has 1 aromatic rings. The summed E-state index contributed by atoms with van der Waals surface area (Å²) in [7, 11) is 0. The van der Waals surface area contributed by atoms with Gasteiger partial charge < -0.3 is 21.1 Å². The van der Waals surface area contributed by atoms with Crippen molar-refractivity contribution in [3.05, 3.63) is 23.8 Å². The molecule has 0 saturated carbocycles. The lowest BCUT2D eigenvalue weighted by atomic mass is 10.1. The lowest BCUT2D eigenvalue weighted by Gasteiger charge is -2.25. The van der Waals surface area contributed by atoms with Crippen LogP contribution in [-0.4, -0.2) is 31.7 Å². The zero-order chi connectivity index (χ0) is 13.7. The second kappa shape index (κ2) is 6.43. The summed E-state index contributed by atoms with van der Waals surface area (Å²) in [6.45, 7) is 3.99. The van der Waals surface area contributed by atoms with Gasteiger partial charge in [-0.1, -0.05) is 0 Å². The summed E-state index contributed by atoms with van der Waals surface area (Å²) in [5.74, 6) is -0.0817. The van der Waals surface area contributed by atoms with E-state index in [0.29, 0.717) is 24.4 Å². The molecule has 1 aliphatic heterocycles. The fraction of sp³-hybridized carbons (Fsp3) is 0.500. The van der Waals surface area contributed by atoms with Crippen molar-refractivity contribution in [1.29, 1.82) is 0 Å². The minimum absolute atomic E-state index is 0.0817. The molecule has 1 saturated heterocycles. The number of rotatable bonds is 4. The minimum Gasteiger partial charge on any atom is -0.399 e. The van der Waals surface area contributed by atoms with E-state index in [0.717, 1.165) is 25.1 Å². The van der Waals surface area contributed by atoms with E-state index in [1.54, 1.807) is 18.2 Å². The first kappa shape index (κ1) is 13.7. The van der Waals surface area contributed by atoms with Crippen LogP contribution in [0.25, 0.3) is 0 Å². The molecule has 0 aromatic heterocycles. The molecule has 5 heteroatoms. The Labute approximate surface area is 113 Å². The number of nitrogens with two attached hydrogens (primary N) is 1. The van der Waals surface area contributed by atoms with E-state index in [4.69, 9.17) is 10.5 Å². The van der Waals surface area contributed by atoms with E-state index >= 15 is 0 Å². The molecule has 2 rings (SSSR count). The zero-order valence-electron chi connectivity index (χ0n) is 11.2. The molecule has 4 N–H and O–H groups in total. The fourth-order valence-electron chi connectivity index (χ4n) is 2.21. The molecule has 0 spiro atoms. The molecule has 104 valence electrons. The molecule has 1 aliphatic rings. The minimum atomic E-state index is -0.0817. The summed E-state index contributed by atoms with van der Waals surface area (Å²) in [5.41, 5.74) is 7.86. The van der Waals surface area contributed by atoms with E-state index in [9.17, 15) is 4.79 Å². The Morgan fingerprint density at radius 3 is 3.05 bits per heavy atom. The summed E-state index contributed by atoms with van der Waals surface area (Å²) >= 11 is 0. The molecule has 0 bridgehead atoms. The average Bonchev–Trinajstić information content (AvgIpc) is 2.40. The number of carbonyl (C=O) groups excluding carboxylic acids is 1. The van der Waals surface area contributed by atoms with E-state index in [2.05, 4.69) is 10.6 Å². The van der Waals surface area contributed by atoms with E-state index in [1.165, 1.54) is 0 Å². The second-order valence-electron chi connectivity index (χ2n) is 4.72. The monoisotopic (exact) mass is 263 g/mol. The molecule has 0 aliphatic carbocycles. The number of anilines is 2. The molecule has 0 radical (unpaired) electrons. The molecule has 1 atom stereocenters. The molecule has 1 heterocycles. The summed E-state index contributed by atoms with van der Waals surface area (Å²) < 4.78 is 5.44. The van der Waals surface area contributed by atoms with Crippen LogP contribution in [-0.2, 0) is 4.74 Å². The lowest BCUT2D eigenvalue weighted by Crippen LogP contribution is -2.31. The van der Waals surface area contributed by atoms with Crippen LogP contribution in [0.1, 0.15) is 30.1 Å². The fourth-order valence-corrected chi connectivity index (χ4v) is 2.21. The number of hydrogen-bond acceptors (Lipinski definition) is 4. The molecular weight excluding hydrogens is 242 g/mol. The Hall–Kier alpha value is -1.75. The van der Waals surface area contributed by atoms with Crippen molar-refractivity contribution < 1.29 is 9.53 Å². The standard InChI is InChI=1S/C14H21N3O2/c1-2-16-14(18)12-6-5-10(15)8-13(12)17-11-4-3-7-19-9-11/h5-6,8,11,17H,2-4,7,9,15H2,1H3,(H,16,18). The van der Waals surface area contributed by atoms with Crippen LogP contribution < -0.4 is 16.4 Å². The number of benzene rings is 1. The summed E-state index contributed by atoms with van der Waals surface area (Å²) in [6.07, 6.45) is 2.08. The normalized spacial score (nSPS) is 18.9. The molecule has 1 amide bonds. The predicted molar refractivity (Wildman–Crippen MR) is 76.3 cm³/mol. The highest BCUT2D eigenvalue weighted by atomic mass is 16.5. The maximum Gasteiger partial charge on any atom is 0.253 e. The number of nitrogen functional groups attached to an aromatic ring is 1. The maximum absolute atomic E-state index is 12.0. The van der Waals surface area contributed by atoms with Crippen molar-refractivity contribution >= 4 is 17.3 Å². The van der Waals surface area contributed by atoms with E-state index < -0.39 is 0 Å². The third-order valence-electron chi connectivity index (χ3n) is 3.15. The van der Waals surface area contributed by atoms with Gasteiger partial charge in [0, 0.05) is 30.6 Å². The van der Waals surface area contributed by atoms with Crippen molar-refractivity contribution in [3.8, 4) is 0 Å². The average molecular weight is 263 g/mol. The highest BCUT2D eigenvalue weighted by molar-refractivity contribution is 6.00. The summed E-state index contributed by atoms with van der Waals surface area (Å²) in [4.78, 5) is 12.0. The first-order valence-corrected chi connectivity index (χ1v) is 6.72. The molecular formula is C14H21N3O2. The van der Waals surface area contributed by atoms with Crippen molar-refractivity contribution in [2.75, 3.05) is 30.8 Å². The summed E-state index contributed by atoms with van der Waals surface area (Å²) in [6, 6.07) is 5.54. The maximum atomic E-state index is 12.0. The van der Waals surface area contributed by atoms with Crippen molar-refractivity contribution in [3.63, 3.8) is 0 Å². The smallest absolute Gasteiger partial charge is 0.253 e. The number of ether oxygens (including phenoxy) is 1. The van der Waals surface area contributed by atoms with Crippen LogP contribution >= 0.6 is 0 Å². The quantitative estimate of drug-likeness (QED) is 0.721. The Bertz CT molecular complexity index is 442. The highest BCUT2D eigenvalue weighted by Crippen LogP contribution is 2.22. The Morgan fingerprint density at radius 1 is 1.53 bits per heavy atom. The van der Waals surface area contributed by atoms with Crippen LogP contribution in [0.5, 0.6) is 0 Å². The van der Waals surface area contributed by atoms with Gasteiger partial charge in [0.25, 0.3) is 5.91 Å². The van der Waals surface area contributed by atoms with E-state index in [1.807, 2.05) is 6.92 Å². The van der Waals surface area contributed by atoms with Crippen LogP contribution in [0.15, 0.2) is 18.2 Å². The first-order chi connectivity index (χ1) is 9.20. The van der Waals surface area contributed by atoms with Gasteiger partial charge in [0.15, 0.2) is 0 Å². The molecule has 19 heavy (non-hydrogen) atoms. The molecule has 1 unspecified atom stereocenters. The van der Waals surface area contributed by atoms with Gasteiger partial charge in [0.05, 0.1) is 12.2 Å². The number of hydrogen-bond donors (Lipinski definition) is 3. The van der Waals surface area contributed by atoms with Gasteiger partial charge in [-0.15, -0.1) is 0 Å². The third-order valence-corrected chi connectivity index (χ3v) is 3.15. The highest BCUT2D eigenvalue weighted by Gasteiger charge is 2.17. The largest absolute Gasteiger partial charge is 0.399 e. The third kappa shape index (κ3) is 3.61. The Kier molecular flexibility index (Phi) is 4.63. The van der Waals surface area contributed by atoms with Crippen LogP contribution in [0.2, 0.25) is 0 Å². The van der Waals surface area contributed by atoms with Gasteiger partial charge in [-0.25, -0.2) is 0 Å². The molecule has 1 aromatic carbocycles. The Balaban J connectivity index is 2.16. The Morgan fingerprint density at radius 2 is 2.37 bits per heavy atom. The number of amides is 1. The molecule has 5 nitrogen and oxygen atoms in total. The van der Waals surface area contributed by atoms with Crippen molar-refractivity contribution in [2.24, 2.45) is 0 Å². The molecule has 1 fully saturated rings. The summed E-state index contributed by atoms with van der Waals surface area (Å²) in [5, 5.41) is 6.17. The van der Waals surface area contributed by atoms with Crippen molar-refractivity contribution in [1.82, 2.24) is 5.32 Å². The van der Waals surface area contributed by atoms with Crippen molar-refractivity contribution in [2.45, 2.75) is 25.8 Å². The predicted octanol–water partition coefficient (Wildman–Crippen LogP) is 1.61. The van der Waals surface area contributed by atoms with Gasteiger partial charge in [-0.05, 0) is 38.0 Å². The zero-order valence-corrected chi connectivity index (χ0v) is 11.2. The number of carbonyl (C=O) groups is 1. The van der Waals surface area contributed by atoms with Crippen LogP contribution in [0.4, 0.5) is 11.4 Å². The lowest BCUT2D eigenvalue weighted by molar-refractivity contribution is 0.0874. The van der Waals surface area contributed by atoms with Gasteiger partial charge in [-0.2, -0.15) is 0 Å². The first-order valence-electron chi connectivity index (χ1n) is 6.72.